The molecule has 0 spiro atoms. The molecule has 1 N–H and O–H groups in total. The first-order chi connectivity index (χ1) is 10.3. The molecule has 140 valence electrons. The van der Waals surface area contributed by atoms with Gasteiger partial charge in [-0.15, -0.1) is 24.8 Å². The molecule has 1 atom stereocenters. The predicted octanol–water partition coefficient (Wildman–Crippen LogP) is 4.68. The molecule has 0 aliphatic carbocycles. The van der Waals surface area contributed by atoms with Gasteiger partial charge in [0.1, 0.15) is 5.82 Å². The van der Waals surface area contributed by atoms with Crippen molar-refractivity contribution in [2.75, 3.05) is 26.2 Å². The maximum atomic E-state index is 14.5. The van der Waals surface area contributed by atoms with Crippen molar-refractivity contribution in [3.05, 3.63) is 35.1 Å². The van der Waals surface area contributed by atoms with Crippen LogP contribution >= 0.6 is 24.8 Å². The molecular formula is C16H24Cl2F4N2. The van der Waals surface area contributed by atoms with E-state index in [0.29, 0.717) is 19.5 Å². The highest BCUT2D eigenvalue weighted by molar-refractivity contribution is 5.85. The van der Waals surface area contributed by atoms with Crippen molar-refractivity contribution >= 4 is 24.8 Å². The minimum atomic E-state index is -4.66. The molecule has 1 aromatic rings. The van der Waals surface area contributed by atoms with Crippen molar-refractivity contribution < 1.29 is 17.6 Å². The third-order valence-corrected chi connectivity index (χ3v) is 3.98. The Hall–Kier alpha value is -0.560. The second kappa shape index (κ2) is 9.80. The Morgan fingerprint density at radius 2 is 1.71 bits per heavy atom. The summed E-state index contributed by atoms with van der Waals surface area (Å²) in [6.07, 6.45) is -4.02. The van der Waals surface area contributed by atoms with Gasteiger partial charge in [-0.3, -0.25) is 4.90 Å². The second-order valence-electron chi connectivity index (χ2n) is 6.14. The summed E-state index contributed by atoms with van der Waals surface area (Å²) in [4.78, 5) is 2.08. The summed E-state index contributed by atoms with van der Waals surface area (Å²) >= 11 is 0. The molecule has 0 saturated carbocycles. The minimum Gasteiger partial charge on any atom is -0.314 e. The number of rotatable bonds is 4. The van der Waals surface area contributed by atoms with E-state index in [-0.39, 0.29) is 42.3 Å². The monoisotopic (exact) mass is 390 g/mol. The molecule has 0 bridgehead atoms. The summed E-state index contributed by atoms with van der Waals surface area (Å²) in [5, 5.41) is 3.21. The zero-order chi connectivity index (χ0) is 16.3. The van der Waals surface area contributed by atoms with Gasteiger partial charge in [-0.25, -0.2) is 4.39 Å². The lowest BCUT2D eigenvalue weighted by molar-refractivity contribution is -0.140. The molecule has 0 radical (unpaired) electrons. The van der Waals surface area contributed by atoms with Crippen molar-refractivity contribution in [1.82, 2.24) is 10.2 Å². The number of nitrogens with one attached hydrogen (secondary N) is 1. The van der Waals surface area contributed by atoms with E-state index in [2.05, 4.69) is 10.2 Å². The van der Waals surface area contributed by atoms with Crippen molar-refractivity contribution in [1.29, 1.82) is 0 Å². The molecule has 0 amide bonds. The SMILES string of the molecule is CC(C)C[C@@H](c1cccc(C(F)(F)F)c1F)N1CCNCC1.Cl.Cl. The maximum Gasteiger partial charge on any atom is 0.419 e. The predicted molar refractivity (Wildman–Crippen MR) is 92.5 cm³/mol. The van der Waals surface area contributed by atoms with E-state index >= 15 is 0 Å². The Balaban J connectivity index is 0.00000264. The Morgan fingerprint density at radius 1 is 1.12 bits per heavy atom. The molecular weight excluding hydrogens is 367 g/mol. The van der Waals surface area contributed by atoms with Gasteiger partial charge in [0.05, 0.1) is 5.56 Å². The van der Waals surface area contributed by atoms with E-state index in [1.165, 1.54) is 12.1 Å². The van der Waals surface area contributed by atoms with Gasteiger partial charge in [0, 0.05) is 37.8 Å². The van der Waals surface area contributed by atoms with Gasteiger partial charge in [0.15, 0.2) is 0 Å². The molecule has 1 aliphatic heterocycles. The lowest BCUT2D eigenvalue weighted by Crippen LogP contribution is -2.45. The topological polar surface area (TPSA) is 15.3 Å². The van der Waals surface area contributed by atoms with E-state index < -0.39 is 17.6 Å². The molecule has 1 heterocycles. The van der Waals surface area contributed by atoms with Gasteiger partial charge < -0.3 is 5.32 Å². The number of halogens is 6. The Bertz CT molecular complexity index is 503. The van der Waals surface area contributed by atoms with Crippen LogP contribution in [0.2, 0.25) is 0 Å². The minimum absolute atomic E-state index is 0. The molecule has 1 fully saturated rings. The van der Waals surface area contributed by atoms with E-state index in [1.54, 1.807) is 0 Å². The molecule has 2 rings (SSSR count). The van der Waals surface area contributed by atoms with Crippen LogP contribution in [0, 0.1) is 11.7 Å². The molecule has 0 aromatic heterocycles. The summed E-state index contributed by atoms with van der Waals surface area (Å²) in [5.74, 6) is -0.854. The fourth-order valence-corrected chi connectivity index (χ4v) is 2.94. The van der Waals surface area contributed by atoms with Gasteiger partial charge in [-0.2, -0.15) is 13.2 Å². The largest absolute Gasteiger partial charge is 0.419 e. The summed E-state index contributed by atoms with van der Waals surface area (Å²) in [6.45, 7) is 6.98. The summed E-state index contributed by atoms with van der Waals surface area (Å²) in [7, 11) is 0. The first kappa shape index (κ1) is 23.4. The van der Waals surface area contributed by atoms with E-state index in [0.717, 1.165) is 19.2 Å². The lowest BCUT2D eigenvalue weighted by Gasteiger charge is -2.36. The van der Waals surface area contributed by atoms with Crippen LogP contribution in [-0.4, -0.2) is 31.1 Å². The van der Waals surface area contributed by atoms with Crippen LogP contribution in [0.25, 0.3) is 0 Å². The first-order valence-corrected chi connectivity index (χ1v) is 7.61. The maximum absolute atomic E-state index is 14.5. The molecule has 2 nitrogen and oxygen atoms in total. The standard InChI is InChI=1S/C16H22F4N2.2ClH/c1-11(2)10-14(22-8-6-21-7-9-22)12-4-3-5-13(15(12)17)16(18,19)20;;/h3-5,11,14,21H,6-10H2,1-2H3;2*1H/t14-;;/m0../s1. The summed E-state index contributed by atoms with van der Waals surface area (Å²) in [5.41, 5.74) is -1.01. The van der Waals surface area contributed by atoms with Gasteiger partial charge in [0.2, 0.25) is 0 Å². The van der Waals surface area contributed by atoms with Crippen LogP contribution < -0.4 is 5.32 Å². The molecule has 8 heteroatoms. The number of nitrogens with zero attached hydrogens (tertiary/aromatic N) is 1. The van der Waals surface area contributed by atoms with E-state index in [9.17, 15) is 17.6 Å². The van der Waals surface area contributed by atoms with Gasteiger partial charge in [-0.1, -0.05) is 26.0 Å². The van der Waals surface area contributed by atoms with E-state index in [4.69, 9.17) is 0 Å². The first-order valence-electron chi connectivity index (χ1n) is 7.61. The average molecular weight is 391 g/mol. The Kier molecular flexibility index (Phi) is 9.57. The number of benzene rings is 1. The van der Waals surface area contributed by atoms with Crippen LogP contribution in [0.1, 0.15) is 37.4 Å². The second-order valence-corrected chi connectivity index (χ2v) is 6.14. The normalized spacial score (nSPS) is 17.1. The molecule has 1 saturated heterocycles. The summed E-state index contributed by atoms with van der Waals surface area (Å²) < 4.78 is 53.3. The van der Waals surface area contributed by atoms with Crippen molar-refractivity contribution in [2.24, 2.45) is 5.92 Å². The van der Waals surface area contributed by atoms with Crippen LogP contribution in [0.15, 0.2) is 18.2 Å². The molecule has 24 heavy (non-hydrogen) atoms. The van der Waals surface area contributed by atoms with Crippen LogP contribution in [-0.2, 0) is 6.18 Å². The van der Waals surface area contributed by atoms with Crippen molar-refractivity contribution in [2.45, 2.75) is 32.5 Å². The molecule has 1 aliphatic rings. The van der Waals surface area contributed by atoms with Gasteiger partial charge in [-0.05, 0) is 18.4 Å². The number of alkyl halides is 3. The number of hydrogen-bond donors (Lipinski definition) is 1. The number of hydrogen-bond acceptors (Lipinski definition) is 2. The number of piperazine rings is 1. The van der Waals surface area contributed by atoms with Crippen molar-refractivity contribution in [3.8, 4) is 0 Å². The smallest absolute Gasteiger partial charge is 0.314 e. The Labute approximate surface area is 152 Å². The third kappa shape index (κ3) is 5.76. The molecule has 1 aromatic carbocycles. The fourth-order valence-electron chi connectivity index (χ4n) is 2.94. The molecule has 0 unspecified atom stereocenters. The third-order valence-electron chi connectivity index (χ3n) is 3.98. The summed E-state index contributed by atoms with van der Waals surface area (Å²) in [6, 6.07) is 3.28. The lowest BCUT2D eigenvalue weighted by atomic mass is 9.93. The highest BCUT2D eigenvalue weighted by Crippen LogP contribution is 2.37. The van der Waals surface area contributed by atoms with Crippen molar-refractivity contribution in [3.63, 3.8) is 0 Å². The fraction of sp³-hybridized carbons (Fsp3) is 0.625. The average Bonchev–Trinajstić information content (AvgIpc) is 2.45. The van der Waals surface area contributed by atoms with Crippen LogP contribution in [0.4, 0.5) is 17.6 Å². The highest BCUT2D eigenvalue weighted by Gasteiger charge is 2.36. The van der Waals surface area contributed by atoms with Crippen LogP contribution in [0.5, 0.6) is 0 Å². The van der Waals surface area contributed by atoms with Crippen LogP contribution in [0.3, 0.4) is 0 Å². The quantitative estimate of drug-likeness (QED) is 0.750. The van der Waals surface area contributed by atoms with Gasteiger partial charge >= 0.3 is 6.18 Å². The van der Waals surface area contributed by atoms with E-state index in [1.807, 2.05) is 13.8 Å². The Morgan fingerprint density at radius 3 is 2.21 bits per heavy atom. The van der Waals surface area contributed by atoms with Gasteiger partial charge in [0.25, 0.3) is 0 Å². The highest BCUT2D eigenvalue weighted by atomic mass is 35.5. The zero-order valence-electron chi connectivity index (χ0n) is 13.7. The zero-order valence-corrected chi connectivity index (χ0v) is 15.3.